The number of carbonyl (C=O) groups is 2. The van der Waals surface area contributed by atoms with Crippen LogP contribution in [0, 0.1) is 0 Å². The first-order chi connectivity index (χ1) is 9.91. The van der Waals surface area contributed by atoms with Crippen molar-refractivity contribution in [3.05, 3.63) is 11.3 Å². The lowest BCUT2D eigenvalue weighted by molar-refractivity contribution is -0.138. The maximum absolute atomic E-state index is 11.9. The molecule has 0 aromatic heterocycles. The highest BCUT2D eigenvalue weighted by atomic mass is 16.5. The summed E-state index contributed by atoms with van der Waals surface area (Å²) in [4.78, 5) is 25.5. The molecule has 0 aromatic rings. The molecule has 0 radical (unpaired) electrons. The molecule has 2 aliphatic rings. The Kier molecular flexibility index (Phi) is 4.84. The standard InChI is InChI=1S/C14H23N3O4/c1-3-21-12(18)10-8-15-13(19)16-11(10)9-17-6-4-14(2,20)5-7-17/h20H,3-9H2,1-2H3,(H2,15,16,19). The van der Waals surface area contributed by atoms with Crippen molar-refractivity contribution in [1.82, 2.24) is 15.5 Å². The quantitative estimate of drug-likeness (QED) is 0.634. The van der Waals surface area contributed by atoms with Gasteiger partial charge in [0, 0.05) is 25.3 Å². The number of piperidine rings is 1. The summed E-state index contributed by atoms with van der Waals surface area (Å²) in [5.74, 6) is -0.399. The fourth-order valence-electron chi connectivity index (χ4n) is 2.50. The number of urea groups is 1. The Balaban J connectivity index is 2.06. The Morgan fingerprint density at radius 2 is 2.10 bits per heavy atom. The lowest BCUT2D eigenvalue weighted by Crippen LogP contribution is -2.49. The van der Waals surface area contributed by atoms with Crippen LogP contribution in [-0.4, -0.2) is 60.4 Å². The maximum Gasteiger partial charge on any atom is 0.337 e. The third kappa shape index (κ3) is 4.18. The number of aliphatic hydroxyl groups is 1. The van der Waals surface area contributed by atoms with Gasteiger partial charge >= 0.3 is 12.0 Å². The minimum absolute atomic E-state index is 0.186. The van der Waals surface area contributed by atoms with Gasteiger partial charge in [0.25, 0.3) is 0 Å². The first-order valence-corrected chi connectivity index (χ1v) is 7.30. The number of rotatable bonds is 4. The molecule has 0 bridgehead atoms. The molecule has 2 amide bonds. The normalized spacial score (nSPS) is 22.5. The van der Waals surface area contributed by atoms with Gasteiger partial charge in [0.2, 0.25) is 0 Å². The highest BCUT2D eigenvalue weighted by Gasteiger charge is 2.30. The van der Waals surface area contributed by atoms with Crippen LogP contribution in [-0.2, 0) is 9.53 Å². The average molecular weight is 297 g/mol. The van der Waals surface area contributed by atoms with E-state index in [1.54, 1.807) is 6.92 Å². The molecule has 2 rings (SSSR count). The van der Waals surface area contributed by atoms with E-state index < -0.39 is 11.6 Å². The highest BCUT2D eigenvalue weighted by molar-refractivity contribution is 5.93. The summed E-state index contributed by atoms with van der Waals surface area (Å²) < 4.78 is 5.02. The van der Waals surface area contributed by atoms with Crippen molar-refractivity contribution in [2.45, 2.75) is 32.3 Å². The van der Waals surface area contributed by atoms with Crippen LogP contribution >= 0.6 is 0 Å². The van der Waals surface area contributed by atoms with E-state index in [0.717, 1.165) is 13.1 Å². The van der Waals surface area contributed by atoms with Gasteiger partial charge in [-0.15, -0.1) is 0 Å². The van der Waals surface area contributed by atoms with Crippen LogP contribution in [0.5, 0.6) is 0 Å². The zero-order chi connectivity index (χ0) is 15.5. The molecule has 2 heterocycles. The number of nitrogens with one attached hydrogen (secondary N) is 2. The minimum atomic E-state index is -0.619. The molecule has 1 fully saturated rings. The summed E-state index contributed by atoms with van der Waals surface area (Å²) in [6, 6.07) is -0.304. The van der Waals surface area contributed by atoms with Gasteiger partial charge in [0.05, 0.1) is 24.3 Å². The number of amides is 2. The molecule has 0 unspecified atom stereocenters. The number of carbonyl (C=O) groups excluding carboxylic acids is 2. The van der Waals surface area contributed by atoms with Crippen LogP contribution in [0.4, 0.5) is 4.79 Å². The number of ether oxygens (including phenoxy) is 1. The smallest absolute Gasteiger partial charge is 0.337 e. The predicted octanol–water partition coefficient (Wildman–Crippen LogP) is -0.0368. The van der Waals surface area contributed by atoms with Gasteiger partial charge in [-0.25, -0.2) is 9.59 Å². The van der Waals surface area contributed by atoms with Gasteiger partial charge < -0.3 is 20.5 Å². The molecule has 118 valence electrons. The molecular formula is C14H23N3O4. The van der Waals surface area contributed by atoms with Crippen molar-refractivity contribution in [2.24, 2.45) is 0 Å². The lowest BCUT2D eigenvalue weighted by atomic mass is 9.93. The molecule has 2 aliphatic heterocycles. The molecule has 7 nitrogen and oxygen atoms in total. The molecular weight excluding hydrogens is 274 g/mol. The Bertz CT molecular complexity index is 449. The maximum atomic E-state index is 11.9. The lowest BCUT2D eigenvalue weighted by Gasteiger charge is -2.36. The van der Waals surface area contributed by atoms with E-state index in [2.05, 4.69) is 15.5 Å². The van der Waals surface area contributed by atoms with Crippen LogP contribution in [0.1, 0.15) is 26.7 Å². The zero-order valence-corrected chi connectivity index (χ0v) is 12.6. The van der Waals surface area contributed by atoms with E-state index in [4.69, 9.17) is 4.74 Å². The van der Waals surface area contributed by atoms with Crippen LogP contribution in [0.2, 0.25) is 0 Å². The monoisotopic (exact) mass is 297 g/mol. The Labute approximate surface area is 124 Å². The summed E-state index contributed by atoms with van der Waals surface area (Å²) in [6.07, 6.45) is 1.36. The average Bonchev–Trinajstić information content (AvgIpc) is 2.41. The van der Waals surface area contributed by atoms with Crippen molar-refractivity contribution in [2.75, 3.05) is 32.8 Å². The van der Waals surface area contributed by atoms with Crippen molar-refractivity contribution >= 4 is 12.0 Å². The van der Waals surface area contributed by atoms with Crippen LogP contribution in [0.3, 0.4) is 0 Å². The zero-order valence-electron chi connectivity index (χ0n) is 12.6. The van der Waals surface area contributed by atoms with Gasteiger partial charge in [-0.2, -0.15) is 0 Å². The largest absolute Gasteiger partial charge is 0.463 e. The summed E-state index contributed by atoms with van der Waals surface area (Å²) >= 11 is 0. The van der Waals surface area contributed by atoms with Crippen molar-refractivity contribution in [1.29, 1.82) is 0 Å². The van der Waals surface area contributed by atoms with E-state index in [1.807, 2.05) is 6.92 Å². The number of hydrogen-bond donors (Lipinski definition) is 3. The van der Waals surface area contributed by atoms with Gasteiger partial charge in [-0.3, -0.25) is 4.90 Å². The summed E-state index contributed by atoms with van der Waals surface area (Å²) in [5, 5.41) is 15.2. The molecule has 0 aromatic carbocycles. The van der Waals surface area contributed by atoms with Crippen LogP contribution in [0.25, 0.3) is 0 Å². The topological polar surface area (TPSA) is 90.9 Å². The molecule has 0 atom stereocenters. The first-order valence-electron chi connectivity index (χ1n) is 7.30. The fourth-order valence-corrected chi connectivity index (χ4v) is 2.50. The van der Waals surface area contributed by atoms with Crippen molar-refractivity contribution in [3.63, 3.8) is 0 Å². The second-order valence-electron chi connectivity index (χ2n) is 5.76. The van der Waals surface area contributed by atoms with E-state index in [-0.39, 0.29) is 12.6 Å². The number of nitrogens with zero attached hydrogens (tertiary/aromatic N) is 1. The number of likely N-dealkylation sites (tertiary alicyclic amines) is 1. The summed E-state index contributed by atoms with van der Waals surface area (Å²) in [7, 11) is 0. The van der Waals surface area contributed by atoms with Gasteiger partial charge in [-0.1, -0.05) is 0 Å². The Morgan fingerprint density at radius 1 is 1.43 bits per heavy atom. The second kappa shape index (κ2) is 6.44. The number of hydrogen-bond acceptors (Lipinski definition) is 5. The third-order valence-electron chi connectivity index (χ3n) is 3.89. The molecule has 7 heteroatoms. The van der Waals surface area contributed by atoms with Crippen molar-refractivity contribution in [3.8, 4) is 0 Å². The molecule has 0 spiro atoms. The van der Waals surface area contributed by atoms with Crippen LogP contribution in [0.15, 0.2) is 11.3 Å². The Hall–Kier alpha value is -1.60. The van der Waals surface area contributed by atoms with Gasteiger partial charge in [0.1, 0.15) is 0 Å². The summed E-state index contributed by atoms with van der Waals surface area (Å²) in [5.41, 5.74) is 0.444. The first kappa shape index (κ1) is 15.8. The molecule has 3 N–H and O–H groups in total. The second-order valence-corrected chi connectivity index (χ2v) is 5.76. The SMILES string of the molecule is CCOC(=O)C1=C(CN2CCC(C)(O)CC2)NC(=O)NC1. The number of esters is 1. The van der Waals surface area contributed by atoms with E-state index in [9.17, 15) is 14.7 Å². The molecule has 0 saturated carbocycles. The molecule has 1 saturated heterocycles. The highest BCUT2D eigenvalue weighted by Crippen LogP contribution is 2.22. The van der Waals surface area contributed by atoms with Crippen molar-refractivity contribution < 1.29 is 19.4 Å². The van der Waals surface area contributed by atoms with Crippen LogP contribution < -0.4 is 10.6 Å². The van der Waals surface area contributed by atoms with E-state index in [0.29, 0.717) is 37.3 Å². The van der Waals surface area contributed by atoms with E-state index >= 15 is 0 Å². The third-order valence-corrected chi connectivity index (χ3v) is 3.89. The predicted molar refractivity (Wildman–Crippen MR) is 76.5 cm³/mol. The van der Waals surface area contributed by atoms with Gasteiger partial charge in [-0.05, 0) is 26.7 Å². The molecule has 0 aliphatic carbocycles. The Morgan fingerprint density at radius 3 is 2.71 bits per heavy atom. The molecule has 21 heavy (non-hydrogen) atoms. The summed E-state index contributed by atoms with van der Waals surface area (Å²) in [6.45, 7) is 6.02. The van der Waals surface area contributed by atoms with E-state index in [1.165, 1.54) is 0 Å². The minimum Gasteiger partial charge on any atom is -0.463 e. The fraction of sp³-hybridized carbons (Fsp3) is 0.714. The van der Waals surface area contributed by atoms with Gasteiger partial charge in [0.15, 0.2) is 0 Å².